The summed E-state index contributed by atoms with van der Waals surface area (Å²) in [6, 6.07) is 18.9. The predicted octanol–water partition coefficient (Wildman–Crippen LogP) is 9.98. The molecule has 0 amide bonds. The molecule has 1 aromatic heterocycles. The molecule has 1 heterocycles. The molecule has 33 heavy (non-hydrogen) atoms. The zero-order valence-electron chi connectivity index (χ0n) is 19.8. The van der Waals surface area contributed by atoms with Crippen molar-refractivity contribution in [3.8, 4) is 11.1 Å². The van der Waals surface area contributed by atoms with Gasteiger partial charge in [0.2, 0.25) is 0 Å². The molecule has 4 aromatic rings. The minimum Gasteiger partial charge on any atom is -0.441 e. The highest BCUT2D eigenvalue weighted by atomic mass is 32.1. The van der Waals surface area contributed by atoms with Gasteiger partial charge in [-0.2, -0.15) is 0 Å². The van der Waals surface area contributed by atoms with E-state index in [9.17, 15) is 0 Å². The Morgan fingerprint density at radius 2 is 1.36 bits per heavy atom. The Morgan fingerprint density at radius 3 is 2.12 bits per heavy atom. The predicted molar refractivity (Wildman–Crippen MR) is 141 cm³/mol. The molecule has 3 heteroatoms. The van der Waals surface area contributed by atoms with Crippen LogP contribution in [-0.4, -0.2) is 0 Å². The molecular weight excluding hydrogens is 427 g/mol. The smallest absolute Gasteiger partial charge is 0.198 e. The van der Waals surface area contributed by atoms with Crippen molar-refractivity contribution in [2.45, 2.75) is 71.6 Å². The monoisotopic (exact) mass is 460 g/mol. The van der Waals surface area contributed by atoms with Gasteiger partial charge in [-0.05, 0) is 71.6 Å². The minimum absolute atomic E-state index is 0.268. The summed E-state index contributed by atoms with van der Waals surface area (Å²) in [5.41, 5.74) is 4.62. The van der Waals surface area contributed by atoms with E-state index in [1.54, 1.807) is 0 Å². The minimum atomic E-state index is -0.268. The van der Waals surface area contributed by atoms with Gasteiger partial charge in [0.05, 0.1) is 0 Å². The summed E-state index contributed by atoms with van der Waals surface area (Å²) in [5.74, 6) is -0.268. The molecule has 0 aliphatic heterocycles. The Kier molecular flexibility index (Phi) is 7.93. The number of hydrogen-bond donors (Lipinski definition) is 0. The van der Waals surface area contributed by atoms with E-state index in [0.717, 1.165) is 59.4 Å². The fraction of sp³-hybridized carbons (Fsp3) is 0.367. The van der Waals surface area contributed by atoms with E-state index in [-0.39, 0.29) is 11.4 Å². The lowest BCUT2D eigenvalue weighted by Crippen LogP contribution is -1.93. The van der Waals surface area contributed by atoms with Crippen molar-refractivity contribution < 1.29 is 8.81 Å². The third-order valence-electron chi connectivity index (χ3n) is 6.56. The van der Waals surface area contributed by atoms with Crippen molar-refractivity contribution in [2.75, 3.05) is 0 Å². The van der Waals surface area contributed by atoms with Gasteiger partial charge in [-0.15, -0.1) is 0 Å². The number of aryl methyl sites for hydroxylation is 2. The molecular formula is C30H33FOS. The largest absolute Gasteiger partial charge is 0.441 e. The zero-order valence-corrected chi connectivity index (χ0v) is 20.6. The summed E-state index contributed by atoms with van der Waals surface area (Å²) < 4.78 is 21.4. The van der Waals surface area contributed by atoms with E-state index in [2.05, 4.69) is 50.2 Å². The Labute approximate surface area is 201 Å². The van der Waals surface area contributed by atoms with Crippen LogP contribution in [0.5, 0.6) is 0 Å². The van der Waals surface area contributed by atoms with Crippen molar-refractivity contribution in [2.24, 2.45) is 0 Å². The summed E-state index contributed by atoms with van der Waals surface area (Å²) in [6.45, 7) is 4.39. The van der Waals surface area contributed by atoms with Crippen LogP contribution in [0.4, 0.5) is 4.39 Å². The van der Waals surface area contributed by atoms with Crippen LogP contribution in [0.25, 0.3) is 32.9 Å². The van der Waals surface area contributed by atoms with Gasteiger partial charge in [0.15, 0.2) is 16.1 Å². The average Bonchev–Trinajstić information content (AvgIpc) is 2.84. The molecule has 0 aliphatic carbocycles. The molecule has 0 radical (unpaired) electrons. The van der Waals surface area contributed by atoms with Gasteiger partial charge in [-0.1, -0.05) is 94.5 Å². The van der Waals surface area contributed by atoms with Crippen molar-refractivity contribution in [3.05, 3.63) is 76.2 Å². The van der Waals surface area contributed by atoms with E-state index in [1.165, 1.54) is 31.2 Å². The van der Waals surface area contributed by atoms with Crippen LogP contribution in [0.3, 0.4) is 0 Å². The van der Waals surface area contributed by atoms with E-state index >= 15 is 4.39 Å². The first-order valence-electron chi connectivity index (χ1n) is 12.4. The van der Waals surface area contributed by atoms with Crippen molar-refractivity contribution in [1.82, 2.24) is 0 Å². The Morgan fingerprint density at radius 1 is 0.697 bits per heavy atom. The fourth-order valence-electron chi connectivity index (χ4n) is 4.56. The molecule has 0 fully saturated rings. The lowest BCUT2D eigenvalue weighted by molar-refractivity contribution is 0.536. The number of unbranched alkanes of at least 4 members (excludes halogenated alkanes) is 5. The second-order valence-corrected chi connectivity index (χ2v) is 9.40. The first-order chi connectivity index (χ1) is 16.1. The maximum Gasteiger partial charge on any atom is 0.198 e. The molecule has 0 atom stereocenters. The maximum absolute atomic E-state index is 15.2. The molecule has 1 nitrogen and oxygen atoms in total. The highest BCUT2D eigenvalue weighted by Crippen LogP contribution is 2.33. The van der Waals surface area contributed by atoms with Crippen molar-refractivity contribution in [1.29, 1.82) is 0 Å². The van der Waals surface area contributed by atoms with Gasteiger partial charge < -0.3 is 4.42 Å². The van der Waals surface area contributed by atoms with Gasteiger partial charge >= 0.3 is 0 Å². The van der Waals surface area contributed by atoms with Crippen LogP contribution in [0.2, 0.25) is 0 Å². The van der Waals surface area contributed by atoms with Crippen LogP contribution in [-0.2, 0) is 12.8 Å². The second kappa shape index (κ2) is 11.1. The van der Waals surface area contributed by atoms with Crippen LogP contribution < -0.4 is 0 Å². The van der Waals surface area contributed by atoms with Gasteiger partial charge in [0.25, 0.3) is 0 Å². The fourth-order valence-corrected chi connectivity index (χ4v) is 4.81. The Balaban J connectivity index is 1.64. The first kappa shape index (κ1) is 23.6. The molecule has 0 unspecified atom stereocenters. The van der Waals surface area contributed by atoms with Crippen molar-refractivity contribution >= 4 is 34.0 Å². The topological polar surface area (TPSA) is 13.1 Å². The third-order valence-corrected chi connectivity index (χ3v) is 6.86. The summed E-state index contributed by atoms with van der Waals surface area (Å²) in [4.78, 5) is 0. The quantitative estimate of drug-likeness (QED) is 0.133. The van der Waals surface area contributed by atoms with Gasteiger partial charge in [0, 0.05) is 10.8 Å². The Bertz CT molecular complexity index is 1290. The van der Waals surface area contributed by atoms with Crippen LogP contribution in [0.1, 0.15) is 69.9 Å². The molecule has 0 saturated heterocycles. The molecule has 0 saturated carbocycles. The van der Waals surface area contributed by atoms with E-state index in [4.69, 9.17) is 16.6 Å². The lowest BCUT2D eigenvalue weighted by atomic mass is 9.97. The number of hydrogen-bond acceptors (Lipinski definition) is 2. The molecule has 172 valence electrons. The number of fused-ring (bicyclic) bond motifs is 3. The highest BCUT2D eigenvalue weighted by Gasteiger charge is 2.14. The van der Waals surface area contributed by atoms with Crippen LogP contribution in [0.15, 0.2) is 59.0 Å². The van der Waals surface area contributed by atoms with Gasteiger partial charge in [0.1, 0.15) is 0 Å². The van der Waals surface area contributed by atoms with Crippen molar-refractivity contribution in [3.63, 3.8) is 0 Å². The van der Waals surface area contributed by atoms with Gasteiger partial charge in [-0.3, -0.25) is 0 Å². The molecule has 0 N–H and O–H groups in total. The molecule has 3 aromatic carbocycles. The first-order valence-corrected chi connectivity index (χ1v) is 12.8. The normalized spacial score (nSPS) is 11.5. The molecule has 0 bridgehead atoms. The third kappa shape index (κ3) is 5.35. The van der Waals surface area contributed by atoms with Crippen LogP contribution >= 0.6 is 12.2 Å². The summed E-state index contributed by atoms with van der Waals surface area (Å²) >= 11 is 5.56. The number of halogens is 1. The maximum atomic E-state index is 15.2. The standard InChI is InChI=1S/C30H33FOS/c1-3-5-7-9-10-21-12-14-22(15-13-21)24-17-18-25-26-19-16-23(11-8-6-4-2)28(31)29(26)32-30(33)27(25)20-24/h12-20H,3-11H2,1-2H3. The van der Waals surface area contributed by atoms with E-state index < -0.39 is 0 Å². The molecule has 0 spiro atoms. The SMILES string of the molecule is CCCCCCc1ccc(-c2ccc3c(c2)c(=S)oc2c(F)c(CCCCC)ccc23)cc1. The highest BCUT2D eigenvalue weighted by molar-refractivity contribution is 7.71. The molecule has 0 aliphatic rings. The molecule has 4 rings (SSSR count). The average molecular weight is 461 g/mol. The number of benzene rings is 3. The Hall–Kier alpha value is -2.52. The van der Waals surface area contributed by atoms with Gasteiger partial charge in [-0.25, -0.2) is 4.39 Å². The summed E-state index contributed by atoms with van der Waals surface area (Å²) in [7, 11) is 0. The second-order valence-electron chi connectivity index (χ2n) is 9.03. The zero-order chi connectivity index (χ0) is 23.2. The van der Waals surface area contributed by atoms with E-state index in [1.807, 2.05) is 18.2 Å². The summed E-state index contributed by atoms with van der Waals surface area (Å²) in [6.07, 6.45) is 10.2. The summed E-state index contributed by atoms with van der Waals surface area (Å²) in [5, 5.41) is 2.58. The van der Waals surface area contributed by atoms with E-state index in [0.29, 0.717) is 10.3 Å². The number of rotatable bonds is 10. The van der Waals surface area contributed by atoms with Crippen LogP contribution in [0, 0.1) is 10.5 Å². The lowest BCUT2D eigenvalue weighted by Gasteiger charge is -2.10.